The number of benzene rings is 2. The molecular weight excluding hydrogens is 343 g/mol. The smallest absolute Gasteiger partial charge is 0.000462 e. The van der Waals surface area contributed by atoms with E-state index < -0.39 is 0 Å². The van der Waals surface area contributed by atoms with Gasteiger partial charge in [-0.3, -0.25) is 0 Å². The summed E-state index contributed by atoms with van der Waals surface area (Å²) < 4.78 is 1.25. The molecule has 0 amide bonds. The van der Waals surface area contributed by atoms with E-state index in [0.717, 1.165) is 6.42 Å². The van der Waals surface area contributed by atoms with Crippen molar-refractivity contribution in [1.29, 1.82) is 0 Å². The maximum absolute atomic E-state index is 2.45. The first-order valence-corrected chi connectivity index (χ1v) is 8.31. The van der Waals surface area contributed by atoms with E-state index in [4.69, 9.17) is 0 Å². The predicted molar refractivity (Wildman–Crippen MR) is 92.7 cm³/mol. The van der Waals surface area contributed by atoms with Crippen LogP contribution in [0.3, 0.4) is 0 Å². The molecule has 0 spiro atoms. The average molecular weight is 362 g/mol. The molecule has 2 rings (SSSR count). The highest BCUT2D eigenvalue weighted by atomic mass is 127. The van der Waals surface area contributed by atoms with Gasteiger partial charge in [0.05, 0.1) is 0 Å². The highest BCUT2D eigenvalue weighted by Gasteiger charge is 2.03. The van der Waals surface area contributed by atoms with Crippen molar-refractivity contribution < 1.29 is 0 Å². The zero-order valence-electron chi connectivity index (χ0n) is 11.1. The van der Waals surface area contributed by atoms with Crippen molar-refractivity contribution in [2.75, 3.05) is 4.43 Å². The van der Waals surface area contributed by atoms with Gasteiger partial charge in [-0.2, -0.15) is 0 Å². The minimum Gasteiger partial charge on any atom is -0.0864 e. The standard InChI is InChI=1S/C18H19I/c19-15-9-3-8-14-18(16-10-4-1-5-11-16)17-12-6-2-7-13-17/h1-2,4-7,10-14H,3,8-9,15H2. The summed E-state index contributed by atoms with van der Waals surface area (Å²) in [6, 6.07) is 21.3. The third-order valence-corrected chi connectivity index (χ3v) is 3.87. The fraction of sp³-hybridized carbons (Fsp3) is 0.222. The molecule has 0 saturated carbocycles. The second-order valence-electron chi connectivity index (χ2n) is 4.53. The molecule has 0 unspecified atom stereocenters. The summed E-state index contributed by atoms with van der Waals surface area (Å²) in [4.78, 5) is 0. The lowest BCUT2D eigenvalue weighted by Gasteiger charge is -2.08. The van der Waals surface area contributed by atoms with Crippen LogP contribution in [0.25, 0.3) is 5.57 Å². The Labute approximate surface area is 129 Å². The van der Waals surface area contributed by atoms with Gasteiger partial charge in [-0.1, -0.05) is 89.3 Å². The van der Waals surface area contributed by atoms with Crippen LogP contribution in [-0.4, -0.2) is 4.43 Å². The lowest BCUT2D eigenvalue weighted by molar-refractivity contribution is 0.832. The summed E-state index contributed by atoms with van der Waals surface area (Å²) in [5.74, 6) is 0. The molecule has 0 heterocycles. The molecule has 0 atom stereocenters. The molecule has 0 nitrogen and oxygen atoms in total. The van der Waals surface area contributed by atoms with Crippen LogP contribution in [0.2, 0.25) is 0 Å². The maximum Gasteiger partial charge on any atom is -0.000462 e. The first-order valence-electron chi connectivity index (χ1n) is 6.79. The number of alkyl halides is 1. The van der Waals surface area contributed by atoms with E-state index in [9.17, 15) is 0 Å². The Morgan fingerprint density at radius 3 is 1.79 bits per heavy atom. The van der Waals surface area contributed by atoms with Gasteiger partial charge in [-0.05, 0) is 40.4 Å². The molecule has 1 heteroatoms. The number of hydrogen-bond acceptors (Lipinski definition) is 0. The normalized spacial score (nSPS) is 10.2. The fourth-order valence-corrected chi connectivity index (χ4v) is 2.66. The van der Waals surface area contributed by atoms with Crippen molar-refractivity contribution in [3.63, 3.8) is 0 Å². The molecule has 98 valence electrons. The van der Waals surface area contributed by atoms with Gasteiger partial charge in [-0.15, -0.1) is 0 Å². The quantitative estimate of drug-likeness (QED) is 0.350. The average Bonchev–Trinajstić information content (AvgIpc) is 2.49. The van der Waals surface area contributed by atoms with Gasteiger partial charge in [-0.25, -0.2) is 0 Å². The number of rotatable bonds is 6. The van der Waals surface area contributed by atoms with Gasteiger partial charge in [0, 0.05) is 0 Å². The van der Waals surface area contributed by atoms with Gasteiger partial charge in [0.25, 0.3) is 0 Å². The Morgan fingerprint density at radius 1 is 0.789 bits per heavy atom. The Hall–Kier alpha value is -1.09. The first-order chi connectivity index (χ1) is 9.42. The molecule has 0 aromatic heterocycles. The molecule has 0 aliphatic rings. The summed E-state index contributed by atoms with van der Waals surface area (Å²) in [6.45, 7) is 0. The largest absolute Gasteiger partial charge is 0.0864 e. The van der Waals surface area contributed by atoms with E-state index in [1.54, 1.807) is 0 Å². The van der Waals surface area contributed by atoms with Crippen molar-refractivity contribution in [3.8, 4) is 0 Å². The summed E-state index contributed by atoms with van der Waals surface area (Å²) in [5, 5.41) is 0. The second kappa shape index (κ2) is 8.16. The fourth-order valence-electron chi connectivity index (χ4n) is 2.12. The topological polar surface area (TPSA) is 0 Å². The van der Waals surface area contributed by atoms with E-state index in [1.807, 2.05) is 0 Å². The molecule has 2 aromatic carbocycles. The summed E-state index contributed by atoms with van der Waals surface area (Å²) in [6.07, 6.45) is 6.11. The summed E-state index contributed by atoms with van der Waals surface area (Å²) >= 11 is 2.45. The minimum absolute atomic E-state index is 1.15. The van der Waals surface area contributed by atoms with Crippen LogP contribution in [0, 0.1) is 0 Å². The Kier molecular flexibility index (Phi) is 6.15. The molecular formula is C18H19I. The monoisotopic (exact) mass is 362 g/mol. The van der Waals surface area contributed by atoms with E-state index in [-0.39, 0.29) is 0 Å². The summed E-state index contributed by atoms with van der Waals surface area (Å²) in [7, 11) is 0. The van der Waals surface area contributed by atoms with Crippen molar-refractivity contribution in [2.45, 2.75) is 19.3 Å². The van der Waals surface area contributed by atoms with Crippen LogP contribution in [0.4, 0.5) is 0 Å². The van der Waals surface area contributed by atoms with E-state index in [2.05, 4.69) is 89.3 Å². The van der Waals surface area contributed by atoms with Crippen LogP contribution < -0.4 is 0 Å². The predicted octanol–water partition coefficient (Wildman–Crippen LogP) is 5.72. The Bertz CT molecular complexity index is 458. The molecule has 0 radical (unpaired) electrons. The van der Waals surface area contributed by atoms with E-state index in [1.165, 1.54) is 34.0 Å². The van der Waals surface area contributed by atoms with Crippen molar-refractivity contribution >= 4 is 28.2 Å². The van der Waals surface area contributed by atoms with Gasteiger partial charge < -0.3 is 0 Å². The minimum atomic E-state index is 1.15. The highest BCUT2D eigenvalue weighted by molar-refractivity contribution is 14.1. The zero-order chi connectivity index (χ0) is 13.3. The van der Waals surface area contributed by atoms with Crippen LogP contribution >= 0.6 is 22.6 Å². The van der Waals surface area contributed by atoms with E-state index in [0.29, 0.717) is 0 Å². The highest BCUT2D eigenvalue weighted by Crippen LogP contribution is 2.24. The number of halogens is 1. The Balaban J connectivity index is 2.24. The second-order valence-corrected chi connectivity index (χ2v) is 5.61. The number of unbranched alkanes of at least 4 members (excludes halogenated alkanes) is 2. The number of allylic oxidation sites excluding steroid dienone is 1. The van der Waals surface area contributed by atoms with Gasteiger partial charge >= 0.3 is 0 Å². The summed E-state index contributed by atoms with van der Waals surface area (Å²) in [5.41, 5.74) is 3.97. The van der Waals surface area contributed by atoms with Crippen LogP contribution in [0.5, 0.6) is 0 Å². The SMILES string of the molecule is ICCCCC=C(c1ccccc1)c1ccccc1. The third kappa shape index (κ3) is 4.50. The molecule has 19 heavy (non-hydrogen) atoms. The van der Waals surface area contributed by atoms with Crippen molar-refractivity contribution in [2.24, 2.45) is 0 Å². The zero-order valence-corrected chi connectivity index (χ0v) is 13.2. The molecule has 0 aliphatic carbocycles. The van der Waals surface area contributed by atoms with Crippen LogP contribution in [0.15, 0.2) is 66.7 Å². The number of hydrogen-bond donors (Lipinski definition) is 0. The Morgan fingerprint density at radius 2 is 1.32 bits per heavy atom. The van der Waals surface area contributed by atoms with E-state index >= 15 is 0 Å². The molecule has 0 bridgehead atoms. The molecule has 0 saturated heterocycles. The molecule has 2 aromatic rings. The lowest BCUT2D eigenvalue weighted by Crippen LogP contribution is -1.88. The van der Waals surface area contributed by atoms with Gasteiger partial charge in [0.1, 0.15) is 0 Å². The van der Waals surface area contributed by atoms with Crippen LogP contribution in [0.1, 0.15) is 30.4 Å². The van der Waals surface area contributed by atoms with Crippen LogP contribution in [-0.2, 0) is 0 Å². The first kappa shape index (κ1) is 14.3. The third-order valence-electron chi connectivity index (χ3n) is 3.11. The van der Waals surface area contributed by atoms with Gasteiger partial charge in [0.15, 0.2) is 0 Å². The molecule has 0 fully saturated rings. The van der Waals surface area contributed by atoms with Crippen molar-refractivity contribution in [1.82, 2.24) is 0 Å². The molecule has 0 N–H and O–H groups in total. The van der Waals surface area contributed by atoms with Crippen molar-refractivity contribution in [3.05, 3.63) is 77.9 Å². The lowest BCUT2D eigenvalue weighted by atomic mass is 9.96. The maximum atomic E-state index is 2.45. The van der Waals surface area contributed by atoms with Gasteiger partial charge in [0.2, 0.25) is 0 Å². The molecule has 0 aliphatic heterocycles.